The summed E-state index contributed by atoms with van der Waals surface area (Å²) in [6.07, 6.45) is 4.05. The van der Waals surface area contributed by atoms with Gasteiger partial charge in [0, 0.05) is 23.7 Å². The van der Waals surface area contributed by atoms with Crippen molar-refractivity contribution in [3.8, 4) is 28.6 Å². The maximum Gasteiger partial charge on any atom is 0.165 e. The van der Waals surface area contributed by atoms with Gasteiger partial charge in [0.1, 0.15) is 11.6 Å². The van der Waals surface area contributed by atoms with Crippen LogP contribution in [-0.4, -0.2) is 44.7 Å². The molecule has 5 aromatic rings. The zero-order chi connectivity index (χ0) is 26.1. The number of hydrogen-bond acceptors (Lipinski definition) is 8. The van der Waals surface area contributed by atoms with Crippen LogP contribution in [0, 0.1) is 25.2 Å². The van der Waals surface area contributed by atoms with E-state index in [1.165, 1.54) is 5.56 Å². The van der Waals surface area contributed by atoms with Gasteiger partial charge in [-0.15, -0.1) is 0 Å². The summed E-state index contributed by atoms with van der Waals surface area (Å²) in [6, 6.07) is 18.8. The first kappa shape index (κ1) is 23.8. The Morgan fingerprint density at radius 1 is 1.08 bits per heavy atom. The molecule has 0 bridgehead atoms. The Bertz CT molecular complexity index is 1610. The number of anilines is 1. The minimum atomic E-state index is 0.0111. The van der Waals surface area contributed by atoms with Gasteiger partial charge in [0.25, 0.3) is 0 Å². The zero-order valence-electron chi connectivity index (χ0n) is 21.3. The number of nitrogens with zero attached hydrogens (tertiary/aromatic N) is 7. The molecule has 0 aliphatic carbocycles. The van der Waals surface area contributed by atoms with Crippen molar-refractivity contribution in [2.75, 3.05) is 24.7 Å². The summed E-state index contributed by atoms with van der Waals surface area (Å²) in [5.41, 5.74) is 5.67. The largest absolute Gasteiger partial charge is 0.377 e. The average Bonchev–Trinajstić information content (AvgIpc) is 3.57. The molecular formula is C29H27N7O2. The number of aryl methyl sites for hydroxylation is 3. The Labute approximate surface area is 220 Å². The summed E-state index contributed by atoms with van der Waals surface area (Å²) in [5, 5.41) is 18.5. The first-order chi connectivity index (χ1) is 18.6. The third kappa shape index (κ3) is 4.40. The minimum absolute atomic E-state index is 0.0111. The van der Waals surface area contributed by atoms with Crippen LogP contribution in [0.1, 0.15) is 29.5 Å². The lowest BCUT2D eigenvalue weighted by atomic mass is 10.0. The molecule has 1 atom stereocenters. The highest BCUT2D eigenvalue weighted by molar-refractivity contribution is 5.95. The molecule has 190 valence electrons. The topological polar surface area (TPSA) is 106 Å². The van der Waals surface area contributed by atoms with Crippen molar-refractivity contribution >= 4 is 16.7 Å². The maximum atomic E-state index is 8.95. The van der Waals surface area contributed by atoms with E-state index in [0.717, 1.165) is 44.9 Å². The van der Waals surface area contributed by atoms with Gasteiger partial charge < -0.3 is 14.2 Å². The van der Waals surface area contributed by atoms with E-state index in [0.29, 0.717) is 38.5 Å². The van der Waals surface area contributed by atoms with Crippen LogP contribution in [0.5, 0.6) is 0 Å². The average molecular weight is 506 g/mol. The second-order valence-electron chi connectivity index (χ2n) is 9.40. The summed E-state index contributed by atoms with van der Waals surface area (Å²) in [7, 11) is 0. The third-order valence-electron chi connectivity index (χ3n) is 6.93. The highest BCUT2D eigenvalue weighted by Crippen LogP contribution is 2.37. The van der Waals surface area contributed by atoms with Gasteiger partial charge in [-0.1, -0.05) is 41.6 Å². The molecule has 1 aliphatic heterocycles. The fraction of sp³-hybridized carbons (Fsp3) is 0.276. The van der Waals surface area contributed by atoms with E-state index in [2.05, 4.69) is 57.6 Å². The first-order valence-electron chi connectivity index (χ1n) is 12.7. The molecule has 0 radical (unpaired) electrons. The summed E-state index contributed by atoms with van der Waals surface area (Å²) in [5.74, 6) is 2.22. The molecule has 4 heterocycles. The lowest BCUT2D eigenvalue weighted by Crippen LogP contribution is -2.40. The van der Waals surface area contributed by atoms with Crippen LogP contribution in [-0.2, 0) is 11.3 Å². The van der Waals surface area contributed by atoms with Crippen LogP contribution in [0.25, 0.3) is 33.4 Å². The van der Waals surface area contributed by atoms with Crippen LogP contribution in [0.4, 0.5) is 5.82 Å². The van der Waals surface area contributed by atoms with E-state index >= 15 is 0 Å². The number of morpholine rings is 1. The monoisotopic (exact) mass is 505 g/mol. The van der Waals surface area contributed by atoms with Crippen molar-refractivity contribution < 1.29 is 9.26 Å². The highest BCUT2D eigenvalue weighted by Gasteiger charge is 2.28. The molecule has 1 fully saturated rings. The number of nitriles is 1. The first-order valence-corrected chi connectivity index (χ1v) is 12.7. The van der Waals surface area contributed by atoms with E-state index < -0.39 is 0 Å². The molecule has 0 saturated carbocycles. The van der Waals surface area contributed by atoms with Crippen molar-refractivity contribution in [2.45, 2.75) is 32.9 Å². The molecule has 3 aromatic heterocycles. The Morgan fingerprint density at radius 2 is 1.95 bits per heavy atom. The SMILES string of the molecule is Cc1noc(C)c1-c1ccc2nc(-c3cnn(CCC#N)c3)nc(N3CCOC[C@@H]3c3ccccc3)c2c1. The van der Waals surface area contributed by atoms with Gasteiger partial charge in [0.2, 0.25) is 0 Å². The fourth-order valence-electron chi connectivity index (χ4n) is 5.09. The van der Waals surface area contributed by atoms with Gasteiger partial charge in [0.15, 0.2) is 5.82 Å². The Hall–Kier alpha value is -4.55. The number of aromatic nitrogens is 5. The molecule has 0 unspecified atom stereocenters. The molecule has 9 heteroatoms. The van der Waals surface area contributed by atoms with E-state index in [4.69, 9.17) is 24.5 Å². The molecule has 6 rings (SSSR count). The third-order valence-corrected chi connectivity index (χ3v) is 6.93. The maximum absolute atomic E-state index is 8.95. The van der Waals surface area contributed by atoms with Crippen LogP contribution >= 0.6 is 0 Å². The van der Waals surface area contributed by atoms with Crippen LogP contribution in [0.3, 0.4) is 0 Å². The second kappa shape index (κ2) is 10.1. The molecule has 1 saturated heterocycles. The molecule has 2 aromatic carbocycles. The molecule has 1 aliphatic rings. The van der Waals surface area contributed by atoms with Gasteiger partial charge in [-0.3, -0.25) is 4.68 Å². The summed E-state index contributed by atoms with van der Waals surface area (Å²) in [4.78, 5) is 12.4. The Morgan fingerprint density at radius 3 is 2.74 bits per heavy atom. The van der Waals surface area contributed by atoms with Crippen molar-refractivity contribution in [2.24, 2.45) is 0 Å². The summed E-state index contributed by atoms with van der Waals surface area (Å²) >= 11 is 0. The highest BCUT2D eigenvalue weighted by atomic mass is 16.5. The van der Waals surface area contributed by atoms with Gasteiger partial charge in [0.05, 0.1) is 61.3 Å². The van der Waals surface area contributed by atoms with Crippen molar-refractivity contribution in [3.05, 3.63) is 77.9 Å². The van der Waals surface area contributed by atoms with Gasteiger partial charge in [-0.25, -0.2) is 9.97 Å². The van der Waals surface area contributed by atoms with Gasteiger partial charge >= 0.3 is 0 Å². The van der Waals surface area contributed by atoms with E-state index in [9.17, 15) is 0 Å². The Kier molecular flexibility index (Phi) is 6.32. The molecular weight excluding hydrogens is 478 g/mol. The van der Waals surface area contributed by atoms with Gasteiger partial charge in [-0.2, -0.15) is 10.4 Å². The molecule has 0 N–H and O–H groups in total. The van der Waals surface area contributed by atoms with Gasteiger partial charge in [-0.05, 0) is 37.1 Å². The van der Waals surface area contributed by atoms with Crippen molar-refractivity contribution in [3.63, 3.8) is 0 Å². The van der Waals surface area contributed by atoms with E-state index in [1.54, 1.807) is 10.9 Å². The predicted octanol–water partition coefficient (Wildman–Crippen LogP) is 5.26. The van der Waals surface area contributed by atoms with E-state index in [-0.39, 0.29) is 6.04 Å². The number of fused-ring (bicyclic) bond motifs is 1. The number of ether oxygens (including phenoxy) is 1. The van der Waals surface area contributed by atoms with Crippen molar-refractivity contribution in [1.82, 2.24) is 24.9 Å². The van der Waals surface area contributed by atoms with Crippen LogP contribution < -0.4 is 4.90 Å². The van der Waals surface area contributed by atoms with Crippen LogP contribution in [0.15, 0.2) is 65.4 Å². The summed E-state index contributed by atoms with van der Waals surface area (Å²) in [6.45, 7) is 6.28. The molecule has 38 heavy (non-hydrogen) atoms. The second-order valence-corrected chi connectivity index (χ2v) is 9.40. The number of benzene rings is 2. The zero-order valence-corrected chi connectivity index (χ0v) is 21.3. The Balaban J connectivity index is 1.53. The number of rotatable bonds is 6. The molecule has 9 nitrogen and oxygen atoms in total. The van der Waals surface area contributed by atoms with Crippen LogP contribution in [0.2, 0.25) is 0 Å². The minimum Gasteiger partial charge on any atom is -0.377 e. The molecule has 0 amide bonds. The van der Waals surface area contributed by atoms with E-state index in [1.807, 2.05) is 32.2 Å². The number of hydrogen-bond donors (Lipinski definition) is 0. The van der Waals surface area contributed by atoms with Crippen molar-refractivity contribution in [1.29, 1.82) is 5.26 Å². The lowest BCUT2D eigenvalue weighted by Gasteiger charge is -2.37. The predicted molar refractivity (Wildman–Crippen MR) is 143 cm³/mol. The standard InChI is InChI=1S/C29H27N7O2/c1-19-27(20(2)38-34-19)22-9-10-25-24(15-22)29(33-28(32-25)23-16-31-35(17-23)12-6-11-30)36-13-14-37-18-26(36)21-7-4-3-5-8-21/h3-5,7-10,15-17,26H,6,12-14,18H2,1-2H3/t26-/m1/s1. The fourth-order valence-corrected chi connectivity index (χ4v) is 5.09. The normalized spacial score (nSPS) is 15.6. The quantitative estimate of drug-likeness (QED) is 0.308. The smallest absolute Gasteiger partial charge is 0.165 e. The molecule has 0 spiro atoms. The summed E-state index contributed by atoms with van der Waals surface area (Å²) < 4.78 is 13.1. The lowest BCUT2D eigenvalue weighted by molar-refractivity contribution is 0.0939.